The molecule has 2 N–H and O–H groups in total. The molecule has 0 aliphatic carbocycles. The summed E-state index contributed by atoms with van der Waals surface area (Å²) in [5.41, 5.74) is 0.336. The number of rotatable bonds is 9. The lowest BCUT2D eigenvalue weighted by molar-refractivity contribution is 0.0526. The lowest BCUT2D eigenvalue weighted by Crippen LogP contribution is -2.27. The Morgan fingerprint density at radius 3 is 2.38 bits per heavy atom. The summed E-state index contributed by atoms with van der Waals surface area (Å²) in [5, 5.41) is 3.12. The summed E-state index contributed by atoms with van der Waals surface area (Å²) in [6.45, 7) is 5.99. The van der Waals surface area contributed by atoms with Crippen LogP contribution in [-0.2, 0) is 14.8 Å². The maximum Gasteiger partial charge on any atom is 0.338 e. The fourth-order valence-electron chi connectivity index (χ4n) is 1.66. The molecule has 1 aromatic rings. The fourth-order valence-corrected chi connectivity index (χ4v) is 2.74. The molecule has 0 spiro atoms. The van der Waals surface area contributed by atoms with Crippen molar-refractivity contribution < 1.29 is 17.9 Å². The van der Waals surface area contributed by atoms with E-state index in [4.69, 9.17) is 4.74 Å². The number of benzene rings is 1. The van der Waals surface area contributed by atoms with Crippen LogP contribution in [0.4, 0.5) is 0 Å². The Labute approximate surface area is 125 Å². The highest BCUT2D eigenvalue weighted by atomic mass is 32.2. The van der Waals surface area contributed by atoms with E-state index in [1.165, 1.54) is 24.3 Å². The molecule has 0 bridgehead atoms. The standard InChI is InChI=1S/C14H22N2O4S/c1-3-15-10-5-11-16-21(18,19)13-8-6-12(7-9-13)14(17)20-4-2/h6-9,15-16H,3-5,10-11H2,1-2H3. The van der Waals surface area contributed by atoms with Crippen molar-refractivity contribution in [2.75, 3.05) is 26.2 Å². The van der Waals surface area contributed by atoms with Gasteiger partial charge in [-0.1, -0.05) is 6.92 Å². The van der Waals surface area contributed by atoms with Crippen LogP contribution in [0.2, 0.25) is 0 Å². The molecule has 0 aliphatic heterocycles. The van der Waals surface area contributed by atoms with Crippen LogP contribution in [0, 0.1) is 0 Å². The van der Waals surface area contributed by atoms with E-state index in [0.29, 0.717) is 18.5 Å². The quantitative estimate of drug-likeness (QED) is 0.527. The summed E-state index contributed by atoms with van der Waals surface area (Å²) in [6, 6.07) is 5.70. The number of hydrogen-bond donors (Lipinski definition) is 2. The third-order valence-electron chi connectivity index (χ3n) is 2.75. The molecule has 1 aromatic carbocycles. The smallest absolute Gasteiger partial charge is 0.338 e. The van der Waals surface area contributed by atoms with Crippen LogP contribution in [0.15, 0.2) is 29.2 Å². The van der Waals surface area contributed by atoms with Gasteiger partial charge >= 0.3 is 5.97 Å². The second-order valence-electron chi connectivity index (χ2n) is 4.35. The van der Waals surface area contributed by atoms with E-state index in [0.717, 1.165) is 13.1 Å². The fraction of sp³-hybridized carbons (Fsp3) is 0.500. The third kappa shape index (κ3) is 5.82. The molecule has 0 radical (unpaired) electrons. The minimum atomic E-state index is -3.53. The molecule has 6 nitrogen and oxygen atoms in total. The van der Waals surface area contributed by atoms with Gasteiger partial charge in [-0.25, -0.2) is 17.9 Å². The molecule has 0 aromatic heterocycles. The van der Waals surface area contributed by atoms with Crippen molar-refractivity contribution in [1.29, 1.82) is 0 Å². The highest BCUT2D eigenvalue weighted by Crippen LogP contribution is 2.11. The summed E-state index contributed by atoms with van der Waals surface area (Å²) in [4.78, 5) is 11.6. The lowest BCUT2D eigenvalue weighted by atomic mass is 10.2. The van der Waals surface area contributed by atoms with Crippen molar-refractivity contribution in [3.63, 3.8) is 0 Å². The van der Waals surface area contributed by atoms with E-state index in [1.807, 2.05) is 6.92 Å². The Balaban J connectivity index is 2.61. The zero-order valence-corrected chi connectivity index (χ0v) is 13.2. The Morgan fingerprint density at radius 1 is 1.14 bits per heavy atom. The van der Waals surface area contributed by atoms with Gasteiger partial charge in [0.25, 0.3) is 0 Å². The van der Waals surface area contributed by atoms with E-state index in [2.05, 4.69) is 10.0 Å². The molecule has 0 saturated heterocycles. The third-order valence-corrected chi connectivity index (χ3v) is 4.23. The SMILES string of the molecule is CCNCCCNS(=O)(=O)c1ccc(C(=O)OCC)cc1. The number of carbonyl (C=O) groups excluding carboxylic acids is 1. The van der Waals surface area contributed by atoms with E-state index in [1.54, 1.807) is 6.92 Å². The average Bonchev–Trinajstić information content (AvgIpc) is 2.47. The van der Waals surface area contributed by atoms with E-state index in [-0.39, 0.29) is 11.5 Å². The molecule has 21 heavy (non-hydrogen) atoms. The number of esters is 1. The predicted octanol–water partition coefficient (Wildman–Crippen LogP) is 1.14. The zero-order valence-electron chi connectivity index (χ0n) is 12.4. The van der Waals surface area contributed by atoms with Crippen molar-refractivity contribution >= 4 is 16.0 Å². The Morgan fingerprint density at radius 2 is 1.81 bits per heavy atom. The summed E-state index contributed by atoms with van der Waals surface area (Å²) >= 11 is 0. The van der Waals surface area contributed by atoms with Crippen LogP contribution in [-0.4, -0.2) is 40.6 Å². The number of sulfonamides is 1. The van der Waals surface area contributed by atoms with Gasteiger partial charge in [-0.05, 0) is 50.7 Å². The van der Waals surface area contributed by atoms with Gasteiger partial charge in [-0.2, -0.15) is 0 Å². The summed E-state index contributed by atoms with van der Waals surface area (Å²) in [5.74, 6) is -0.458. The normalized spacial score (nSPS) is 11.3. The van der Waals surface area contributed by atoms with Gasteiger partial charge in [0.05, 0.1) is 17.1 Å². The number of nitrogens with one attached hydrogen (secondary N) is 2. The first-order valence-electron chi connectivity index (χ1n) is 6.98. The van der Waals surface area contributed by atoms with Gasteiger partial charge in [0, 0.05) is 6.54 Å². The van der Waals surface area contributed by atoms with Crippen molar-refractivity contribution in [2.45, 2.75) is 25.2 Å². The van der Waals surface area contributed by atoms with Crippen molar-refractivity contribution in [3.05, 3.63) is 29.8 Å². The summed E-state index contributed by atoms with van der Waals surface area (Å²) in [6.07, 6.45) is 0.716. The molecule has 118 valence electrons. The van der Waals surface area contributed by atoms with Crippen LogP contribution in [0.25, 0.3) is 0 Å². The molecule has 0 heterocycles. The van der Waals surface area contributed by atoms with Gasteiger partial charge in [-0.3, -0.25) is 0 Å². The van der Waals surface area contributed by atoms with Gasteiger partial charge in [0.15, 0.2) is 0 Å². The number of ether oxygens (including phenoxy) is 1. The summed E-state index contributed by atoms with van der Waals surface area (Å²) < 4.78 is 31.4. The molecule has 0 aliphatic rings. The molecule has 7 heteroatoms. The first-order valence-corrected chi connectivity index (χ1v) is 8.47. The van der Waals surface area contributed by atoms with Gasteiger partial charge < -0.3 is 10.1 Å². The van der Waals surface area contributed by atoms with Crippen LogP contribution < -0.4 is 10.0 Å². The van der Waals surface area contributed by atoms with Crippen molar-refractivity contribution in [3.8, 4) is 0 Å². The Kier molecular flexibility index (Phi) is 7.35. The van der Waals surface area contributed by atoms with Crippen LogP contribution >= 0.6 is 0 Å². The maximum absolute atomic E-state index is 12.0. The topological polar surface area (TPSA) is 84.5 Å². The van der Waals surface area contributed by atoms with Gasteiger partial charge in [-0.15, -0.1) is 0 Å². The molecule has 0 amide bonds. The molecular weight excluding hydrogens is 292 g/mol. The Hall–Kier alpha value is -1.44. The summed E-state index contributed by atoms with van der Waals surface area (Å²) in [7, 11) is -3.53. The number of carbonyl (C=O) groups is 1. The first kappa shape index (κ1) is 17.6. The molecule has 1 rings (SSSR count). The zero-order chi connectivity index (χ0) is 15.7. The average molecular weight is 314 g/mol. The van der Waals surface area contributed by atoms with Crippen LogP contribution in [0.5, 0.6) is 0 Å². The van der Waals surface area contributed by atoms with E-state index >= 15 is 0 Å². The van der Waals surface area contributed by atoms with Crippen LogP contribution in [0.3, 0.4) is 0 Å². The molecule has 0 unspecified atom stereocenters. The minimum absolute atomic E-state index is 0.138. The highest BCUT2D eigenvalue weighted by Gasteiger charge is 2.14. The van der Waals surface area contributed by atoms with E-state index < -0.39 is 16.0 Å². The minimum Gasteiger partial charge on any atom is -0.462 e. The predicted molar refractivity (Wildman–Crippen MR) is 80.7 cm³/mol. The highest BCUT2D eigenvalue weighted by molar-refractivity contribution is 7.89. The second-order valence-corrected chi connectivity index (χ2v) is 6.12. The second kappa shape index (κ2) is 8.76. The van der Waals surface area contributed by atoms with Gasteiger partial charge in [0.2, 0.25) is 10.0 Å². The molecule has 0 saturated carbocycles. The van der Waals surface area contributed by atoms with Gasteiger partial charge in [0.1, 0.15) is 0 Å². The number of hydrogen-bond acceptors (Lipinski definition) is 5. The monoisotopic (exact) mass is 314 g/mol. The van der Waals surface area contributed by atoms with Crippen molar-refractivity contribution in [1.82, 2.24) is 10.0 Å². The van der Waals surface area contributed by atoms with Crippen molar-refractivity contribution in [2.24, 2.45) is 0 Å². The largest absolute Gasteiger partial charge is 0.462 e. The van der Waals surface area contributed by atoms with Crippen LogP contribution in [0.1, 0.15) is 30.6 Å². The maximum atomic E-state index is 12.0. The molecular formula is C14H22N2O4S. The first-order chi connectivity index (χ1) is 10.0. The molecule has 0 fully saturated rings. The van der Waals surface area contributed by atoms with E-state index in [9.17, 15) is 13.2 Å². The molecule has 0 atom stereocenters. The lowest BCUT2D eigenvalue weighted by Gasteiger charge is -2.08. The Bertz CT molecular complexity index is 541.